The molecular formula is C90H44N14. The van der Waals surface area contributed by atoms with Gasteiger partial charge in [0.1, 0.15) is 0 Å². The van der Waals surface area contributed by atoms with Crippen LogP contribution in [0.2, 0.25) is 0 Å². The number of aromatic nitrogens is 5. The van der Waals surface area contributed by atoms with Crippen LogP contribution in [0.25, 0.3) is 175 Å². The lowest BCUT2D eigenvalue weighted by Gasteiger charge is -2.21. The maximum Gasteiger partial charge on any atom is 0.189 e. The van der Waals surface area contributed by atoms with Gasteiger partial charge in [-0.15, -0.1) is 0 Å². The van der Waals surface area contributed by atoms with Gasteiger partial charge >= 0.3 is 0 Å². The van der Waals surface area contributed by atoms with Crippen molar-refractivity contribution in [2.24, 2.45) is 0 Å². The zero-order chi connectivity index (χ0) is 71.1. The molecule has 14 nitrogen and oxygen atoms in total. The van der Waals surface area contributed by atoms with Gasteiger partial charge in [0.05, 0.1) is 101 Å². The van der Waals surface area contributed by atoms with Crippen LogP contribution >= 0.6 is 0 Å². The van der Waals surface area contributed by atoms with Gasteiger partial charge in [0.15, 0.2) is 40.2 Å². The predicted octanol–water partition coefficient (Wildman–Crippen LogP) is 22.6. The van der Waals surface area contributed by atoms with Crippen molar-refractivity contribution in [3.8, 4) is 143 Å². The molecule has 0 bridgehead atoms. The van der Waals surface area contributed by atoms with Crippen LogP contribution in [0.1, 0.15) is 27.8 Å². The molecule has 104 heavy (non-hydrogen) atoms. The Morgan fingerprint density at radius 2 is 0.577 bits per heavy atom. The van der Waals surface area contributed by atoms with Gasteiger partial charge in [-0.3, -0.25) is 0 Å². The molecule has 14 heteroatoms. The second kappa shape index (κ2) is 26.0. The Morgan fingerprint density at radius 3 is 0.962 bits per heavy atom. The van der Waals surface area contributed by atoms with Crippen LogP contribution in [0.5, 0.6) is 0 Å². The van der Waals surface area contributed by atoms with Crippen molar-refractivity contribution in [2.45, 2.75) is 0 Å². The Kier molecular flexibility index (Phi) is 15.7. The Morgan fingerprint density at radius 1 is 0.250 bits per heavy atom. The second-order valence-electron chi connectivity index (χ2n) is 24.7. The highest BCUT2D eigenvalue weighted by Gasteiger charge is 2.27. The van der Waals surface area contributed by atoms with E-state index in [4.69, 9.17) is 41.2 Å². The number of nitrogens with zero attached hydrogens (tertiary/aromatic N) is 14. The Bertz CT molecular complexity index is 6340. The van der Waals surface area contributed by atoms with E-state index in [0.29, 0.717) is 107 Å². The minimum Gasteiger partial charge on any atom is -0.309 e. The third kappa shape index (κ3) is 11.2. The van der Waals surface area contributed by atoms with E-state index in [-0.39, 0.29) is 0 Å². The van der Waals surface area contributed by atoms with Gasteiger partial charge in [-0.1, -0.05) is 115 Å². The number of hydrogen-bond acceptors (Lipinski definition) is 8. The predicted molar refractivity (Wildman–Crippen MR) is 406 cm³/mol. The number of nitriles is 5. The standard InChI is InChI=1S/C90H44N14/c1-96-71-36-55(50-92)32-67(40-71)63-22-27-82-77(45-63)78-46-64(68-33-56(51-93)37-72(41-68)97-2)23-28-83(78)103(82)81-26-21-62(61-18-11-13-54(31-61)49-91)44-76(81)75-19-12-20-86(87(75)90-101-88(59-14-7-5-8-15-59)100-89(102-90)60-16-9-6-10-17-60)104-84-29-24-65(69-34-57(52-94)38-73(42-69)98-3)47-79(84)80-48-66(25-30-85(80)104)70-35-58(53-95)39-74(43-70)99-4/h5-48H. The summed E-state index contributed by atoms with van der Waals surface area (Å²) < 4.78 is 4.41. The zero-order valence-electron chi connectivity index (χ0n) is 54.7. The molecule has 474 valence electrons. The van der Waals surface area contributed by atoms with E-state index >= 15 is 0 Å². The molecule has 16 aromatic rings. The number of fused-ring (bicyclic) bond motifs is 6. The Labute approximate surface area is 596 Å². The summed E-state index contributed by atoms with van der Waals surface area (Å²) in [5, 5.41) is 54.5. The van der Waals surface area contributed by atoms with Gasteiger partial charge in [-0.05, 0) is 213 Å². The third-order valence-electron chi connectivity index (χ3n) is 18.6. The minimum atomic E-state index is 0.314. The van der Waals surface area contributed by atoms with Crippen LogP contribution < -0.4 is 0 Å². The average molecular weight is 1320 g/mol. The van der Waals surface area contributed by atoms with E-state index in [9.17, 15) is 26.3 Å². The van der Waals surface area contributed by atoms with E-state index in [2.05, 4.69) is 107 Å². The SMILES string of the molecule is [C-]#[N+]c1cc(C#N)cc(-c2ccc3c(c2)c2cc(-c4cc(C#N)cc([N+]#[C-])c4)ccc2n3-c2ccc(-c3cccc(C#N)c3)cc2-c2cccc(-n3c4ccc(-c5cc(C#N)cc([N+]#[C-])c5)cc4c4cc(-c5cc(C#N)cc([N+]#[C-])c5)ccc43)c2-c2nc(-c3ccccc3)nc(-c3ccccc3)n2)c1. The summed E-state index contributed by atoms with van der Waals surface area (Å²) in [6.07, 6.45) is 0. The fourth-order valence-electron chi connectivity index (χ4n) is 13.9. The van der Waals surface area contributed by atoms with Crippen LogP contribution in [0, 0.1) is 82.9 Å². The van der Waals surface area contributed by atoms with E-state index in [1.807, 2.05) is 140 Å². The molecule has 13 aromatic carbocycles. The first-order chi connectivity index (χ1) is 51.0. The number of rotatable bonds is 11. The van der Waals surface area contributed by atoms with Crippen LogP contribution in [0.3, 0.4) is 0 Å². The van der Waals surface area contributed by atoms with Crippen LogP contribution in [-0.4, -0.2) is 24.1 Å². The van der Waals surface area contributed by atoms with E-state index in [1.54, 1.807) is 78.9 Å². The summed E-state index contributed by atoms with van der Waals surface area (Å²) in [5.74, 6) is 1.14. The quantitative estimate of drug-likeness (QED) is 0.115. The van der Waals surface area contributed by atoms with Crippen molar-refractivity contribution in [2.75, 3.05) is 0 Å². The molecule has 0 aliphatic rings. The highest BCUT2D eigenvalue weighted by atomic mass is 15.1. The maximum atomic E-state index is 10.4. The minimum absolute atomic E-state index is 0.314. The van der Waals surface area contributed by atoms with Gasteiger partial charge < -0.3 is 9.13 Å². The third-order valence-corrected chi connectivity index (χ3v) is 18.6. The summed E-state index contributed by atoms with van der Waals surface area (Å²) in [7, 11) is 0. The average Bonchev–Trinajstić information content (AvgIpc) is 1.55. The molecule has 0 radical (unpaired) electrons. The molecule has 3 heterocycles. The highest BCUT2D eigenvalue weighted by molar-refractivity contribution is 6.15. The summed E-state index contributed by atoms with van der Waals surface area (Å²) in [6.45, 7) is 32.0. The number of hydrogen-bond donors (Lipinski definition) is 0. The summed E-state index contributed by atoms with van der Waals surface area (Å²) in [5.41, 5.74) is 18.3. The van der Waals surface area contributed by atoms with E-state index in [0.717, 1.165) is 99.4 Å². The fourth-order valence-corrected chi connectivity index (χ4v) is 13.9. The van der Waals surface area contributed by atoms with Gasteiger partial charge in [0.25, 0.3) is 0 Å². The smallest absolute Gasteiger partial charge is 0.189 e. The van der Waals surface area contributed by atoms with Crippen LogP contribution in [0.4, 0.5) is 22.7 Å². The molecule has 0 saturated heterocycles. The van der Waals surface area contributed by atoms with Gasteiger partial charge in [-0.25, -0.2) is 34.3 Å². The van der Waals surface area contributed by atoms with Crippen molar-refractivity contribution in [1.29, 1.82) is 26.3 Å². The van der Waals surface area contributed by atoms with Crippen LogP contribution in [0.15, 0.2) is 267 Å². The Hall–Kier alpha value is -16.1. The molecule has 0 saturated carbocycles. The summed E-state index contributed by atoms with van der Waals surface area (Å²) in [6, 6.07) is 95.5. The molecule has 0 spiro atoms. The first kappa shape index (κ1) is 62.7. The van der Waals surface area contributed by atoms with Gasteiger partial charge in [0.2, 0.25) is 0 Å². The second-order valence-corrected chi connectivity index (χ2v) is 24.7. The lowest BCUT2D eigenvalue weighted by molar-refractivity contribution is 1.06. The summed E-state index contributed by atoms with van der Waals surface area (Å²) >= 11 is 0. The first-order valence-corrected chi connectivity index (χ1v) is 32.6. The molecular weight excluding hydrogens is 1280 g/mol. The first-order valence-electron chi connectivity index (χ1n) is 32.6. The molecule has 0 aliphatic heterocycles. The van der Waals surface area contributed by atoms with Crippen molar-refractivity contribution in [3.05, 3.63) is 340 Å². The molecule has 0 fully saturated rings. The normalized spacial score (nSPS) is 10.8. The van der Waals surface area contributed by atoms with Gasteiger partial charge in [0, 0.05) is 60.5 Å². The summed E-state index contributed by atoms with van der Waals surface area (Å²) in [4.78, 5) is 31.3. The molecule has 0 amide bonds. The lowest BCUT2D eigenvalue weighted by atomic mass is 9.92. The topological polar surface area (TPSA) is 185 Å². The zero-order valence-corrected chi connectivity index (χ0v) is 54.7. The monoisotopic (exact) mass is 1320 g/mol. The Balaban J connectivity index is 1.05. The molecule has 0 unspecified atom stereocenters. The molecule has 0 atom stereocenters. The van der Waals surface area contributed by atoms with E-state index in [1.165, 1.54) is 0 Å². The highest BCUT2D eigenvalue weighted by Crippen LogP contribution is 2.48. The maximum absolute atomic E-state index is 10.4. The number of benzene rings is 13. The largest absolute Gasteiger partial charge is 0.309 e. The van der Waals surface area contributed by atoms with E-state index < -0.39 is 0 Å². The molecule has 16 rings (SSSR count). The van der Waals surface area contributed by atoms with Crippen molar-refractivity contribution < 1.29 is 0 Å². The fraction of sp³-hybridized carbons (Fsp3) is 0. The molecule has 0 aliphatic carbocycles. The lowest BCUT2D eigenvalue weighted by Crippen LogP contribution is -2.06. The molecule has 0 N–H and O–H groups in total. The van der Waals surface area contributed by atoms with Gasteiger partial charge in [-0.2, -0.15) is 26.3 Å². The van der Waals surface area contributed by atoms with Crippen LogP contribution in [-0.2, 0) is 0 Å². The van der Waals surface area contributed by atoms with Crippen molar-refractivity contribution in [3.63, 3.8) is 0 Å². The van der Waals surface area contributed by atoms with Crippen molar-refractivity contribution >= 4 is 66.4 Å². The molecule has 3 aromatic heterocycles. The van der Waals surface area contributed by atoms with Crippen molar-refractivity contribution in [1.82, 2.24) is 24.1 Å².